The maximum atomic E-state index is 8.88. The topological polar surface area (TPSA) is 20.2 Å². The minimum Gasteiger partial charge on any atom is -0.396 e. The van der Waals surface area contributed by atoms with Crippen LogP contribution in [0, 0.1) is 5.92 Å². The van der Waals surface area contributed by atoms with E-state index in [2.05, 4.69) is 15.9 Å². The number of hydrogen-bond acceptors (Lipinski definition) is 2. The van der Waals surface area contributed by atoms with Crippen LogP contribution in [0.5, 0.6) is 0 Å². The van der Waals surface area contributed by atoms with E-state index in [1.807, 2.05) is 25.1 Å². The molecule has 1 aromatic carbocycles. The average molecular weight is 310 g/mol. The molecule has 0 aliphatic heterocycles. The lowest BCUT2D eigenvalue weighted by molar-refractivity contribution is 0.250. The van der Waals surface area contributed by atoms with E-state index in [1.165, 1.54) is 0 Å². The van der Waals surface area contributed by atoms with Crippen LogP contribution in [0.3, 0.4) is 0 Å². The molecular formula is C11H14BrClOS. The van der Waals surface area contributed by atoms with Gasteiger partial charge in [-0.05, 0) is 29.4 Å². The summed E-state index contributed by atoms with van der Waals surface area (Å²) in [6, 6.07) is 5.94. The molecule has 1 aromatic rings. The zero-order valence-corrected chi connectivity index (χ0v) is 11.7. The Bertz CT molecular complexity index is 319. The lowest BCUT2D eigenvalue weighted by Crippen LogP contribution is -2.03. The van der Waals surface area contributed by atoms with Gasteiger partial charge in [-0.3, -0.25) is 0 Å². The summed E-state index contributed by atoms with van der Waals surface area (Å²) in [5.41, 5.74) is 1.15. The molecule has 0 heterocycles. The Morgan fingerprint density at radius 1 is 1.53 bits per heavy atom. The van der Waals surface area contributed by atoms with Gasteiger partial charge < -0.3 is 5.11 Å². The van der Waals surface area contributed by atoms with E-state index in [9.17, 15) is 0 Å². The predicted molar refractivity (Wildman–Crippen MR) is 71.6 cm³/mol. The van der Waals surface area contributed by atoms with Crippen molar-refractivity contribution >= 4 is 39.3 Å². The molecule has 0 aromatic heterocycles. The molecule has 0 aliphatic rings. The van der Waals surface area contributed by atoms with Crippen molar-refractivity contribution in [3.05, 3.63) is 33.3 Å². The minimum absolute atomic E-state index is 0.251. The summed E-state index contributed by atoms with van der Waals surface area (Å²) in [7, 11) is 0. The van der Waals surface area contributed by atoms with Gasteiger partial charge >= 0.3 is 0 Å². The summed E-state index contributed by atoms with van der Waals surface area (Å²) in [6.45, 7) is 2.29. The van der Waals surface area contributed by atoms with Gasteiger partial charge in [-0.15, -0.1) is 0 Å². The van der Waals surface area contributed by atoms with Crippen LogP contribution < -0.4 is 0 Å². The molecule has 0 fully saturated rings. The van der Waals surface area contributed by atoms with Crippen molar-refractivity contribution in [2.75, 3.05) is 12.4 Å². The molecule has 0 saturated heterocycles. The largest absolute Gasteiger partial charge is 0.396 e. The van der Waals surface area contributed by atoms with E-state index in [-0.39, 0.29) is 6.61 Å². The first kappa shape index (κ1) is 13.4. The van der Waals surface area contributed by atoms with Crippen LogP contribution in [-0.2, 0) is 5.75 Å². The molecule has 0 aliphatic carbocycles. The number of rotatable bonds is 5. The van der Waals surface area contributed by atoms with E-state index in [0.717, 1.165) is 26.6 Å². The first-order valence-electron chi connectivity index (χ1n) is 4.76. The molecule has 1 atom stereocenters. The quantitative estimate of drug-likeness (QED) is 0.888. The second kappa shape index (κ2) is 6.79. The van der Waals surface area contributed by atoms with Gasteiger partial charge in [0.05, 0.1) is 0 Å². The van der Waals surface area contributed by atoms with Crippen LogP contribution in [0.1, 0.15) is 12.5 Å². The summed E-state index contributed by atoms with van der Waals surface area (Å²) >= 11 is 11.3. The summed E-state index contributed by atoms with van der Waals surface area (Å²) in [5.74, 6) is 2.21. The monoisotopic (exact) mass is 308 g/mol. The Kier molecular flexibility index (Phi) is 6.05. The van der Waals surface area contributed by atoms with Gasteiger partial charge in [-0.25, -0.2) is 0 Å². The zero-order chi connectivity index (χ0) is 11.3. The molecule has 1 unspecified atom stereocenters. The highest BCUT2D eigenvalue weighted by molar-refractivity contribution is 9.10. The fraction of sp³-hybridized carbons (Fsp3) is 0.455. The minimum atomic E-state index is 0.251. The molecular weight excluding hydrogens is 296 g/mol. The van der Waals surface area contributed by atoms with Crippen LogP contribution in [0.25, 0.3) is 0 Å². The Morgan fingerprint density at radius 2 is 2.27 bits per heavy atom. The molecule has 0 radical (unpaired) electrons. The van der Waals surface area contributed by atoms with E-state index in [1.54, 1.807) is 11.8 Å². The Morgan fingerprint density at radius 3 is 2.87 bits per heavy atom. The maximum absolute atomic E-state index is 8.88. The van der Waals surface area contributed by atoms with Crippen molar-refractivity contribution in [2.24, 2.45) is 5.92 Å². The van der Waals surface area contributed by atoms with Crippen LogP contribution in [-0.4, -0.2) is 17.5 Å². The number of thioether (sulfide) groups is 1. The third-order valence-corrected chi connectivity index (χ3v) is 4.15. The van der Waals surface area contributed by atoms with Crippen molar-refractivity contribution in [1.82, 2.24) is 0 Å². The molecule has 15 heavy (non-hydrogen) atoms. The fourth-order valence-electron chi connectivity index (χ4n) is 1.06. The number of hydrogen-bond donors (Lipinski definition) is 1. The maximum Gasteiger partial charge on any atom is 0.0464 e. The van der Waals surface area contributed by atoms with Gasteiger partial charge in [0.2, 0.25) is 0 Å². The molecule has 84 valence electrons. The second-order valence-electron chi connectivity index (χ2n) is 3.54. The molecule has 0 spiro atoms. The molecule has 1 N–H and O–H groups in total. The zero-order valence-electron chi connectivity index (χ0n) is 8.54. The van der Waals surface area contributed by atoms with Crippen molar-refractivity contribution < 1.29 is 5.11 Å². The number of aliphatic hydroxyl groups excluding tert-OH is 1. The summed E-state index contributed by atoms with van der Waals surface area (Å²) in [4.78, 5) is 0. The first-order valence-corrected chi connectivity index (χ1v) is 7.08. The molecule has 1 nitrogen and oxygen atoms in total. The SMILES string of the molecule is CC(CO)CSCc1ccc(Br)cc1Cl. The standard InChI is InChI=1S/C11H14BrClOS/c1-8(5-14)6-15-7-9-2-3-10(12)4-11(9)13/h2-4,8,14H,5-7H2,1H3. The van der Waals surface area contributed by atoms with Gasteiger partial charge in [0.25, 0.3) is 0 Å². The molecule has 1 rings (SSSR count). The summed E-state index contributed by atoms with van der Waals surface area (Å²) < 4.78 is 1.00. The Balaban J connectivity index is 2.44. The Labute approximate surface area is 108 Å². The highest BCUT2D eigenvalue weighted by atomic mass is 79.9. The molecule has 0 amide bonds. The average Bonchev–Trinajstić information content (AvgIpc) is 2.21. The van der Waals surface area contributed by atoms with E-state index in [0.29, 0.717) is 5.92 Å². The third kappa shape index (κ3) is 4.77. The molecule has 4 heteroatoms. The van der Waals surface area contributed by atoms with Crippen LogP contribution in [0.4, 0.5) is 0 Å². The normalized spacial score (nSPS) is 12.8. The van der Waals surface area contributed by atoms with Gasteiger partial charge in [-0.1, -0.05) is 40.5 Å². The van der Waals surface area contributed by atoms with Gasteiger partial charge in [0, 0.05) is 21.9 Å². The molecule has 0 bridgehead atoms. The van der Waals surface area contributed by atoms with E-state index in [4.69, 9.17) is 16.7 Å². The Hall–Kier alpha value is 0.300. The van der Waals surface area contributed by atoms with E-state index < -0.39 is 0 Å². The van der Waals surface area contributed by atoms with Crippen LogP contribution in [0.2, 0.25) is 5.02 Å². The smallest absolute Gasteiger partial charge is 0.0464 e. The lowest BCUT2D eigenvalue weighted by Gasteiger charge is -2.08. The second-order valence-corrected chi connectivity index (χ2v) is 5.89. The van der Waals surface area contributed by atoms with Crippen LogP contribution >= 0.6 is 39.3 Å². The number of benzene rings is 1. The van der Waals surface area contributed by atoms with Gasteiger partial charge in [0.15, 0.2) is 0 Å². The summed E-state index contributed by atoms with van der Waals surface area (Å²) in [6.07, 6.45) is 0. The number of aliphatic hydroxyl groups is 1. The lowest BCUT2D eigenvalue weighted by atomic mass is 10.2. The van der Waals surface area contributed by atoms with Crippen molar-refractivity contribution in [3.8, 4) is 0 Å². The highest BCUT2D eigenvalue weighted by Crippen LogP contribution is 2.25. The van der Waals surface area contributed by atoms with Crippen molar-refractivity contribution in [3.63, 3.8) is 0 Å². The van der Waals surface area contributed by atoms with Gasteiger partial charge in [0.1, 0.15) is 0 Å². The van der Waals surface area contributed by atoms with Crippen LogP contribution in [0.15, 0.2) is 22.7 Å². The third-order valence-electron chi connectivity index (χ3n) is 1.99. The predicted octanol–water partition coefficient (Wildman–Crippen LogP) is 3.96. The summed E-state index contributed by atoms with van der Waals surface area (Å²) in [5, 5.41) is 9.68. The van der Waals surface area contributed by atoms with Crippen molar-refractivity contribution in [2.45, 2.75) is 12.7 Å². The van der Waals surface area contributed by atoms with Gasteiger partial charge in [-0.2, -0.15) is 11.8 Å². The van der Waals surface area contributed by atoms with Crippen molar-refractivity contribution in [1.29, 1.82) is 0 Å². The molecule has 0 saturated carbocycles. The van der Waals surface area contributed by atoms with E-state index >= 15 is 0 Å². The highest BCUT2D eigenvalue weighted by Gasteiger charge is 2.03. The first-order chi connectivity index (χ1) is 7.13. The fourth-order valence-corrected chi connectivity index (χ4v) is 2.98. The number of halogens is 2.